The number of rotatable bonds is 7. The average Bonchev–Trinajstić information content (AvgIpc) is 2.55. The van der Waals surface area contributed by atoms with E-state index in [-0.39, 0.29) is 12.3 Å². The van der Waals surface area contributed by atoms with Crippen LogP contribution >= 0.6 is 0 Å². The monoisotopic (exact) mass is 330 g/mol. The van der Waals surface area contributed by atoms with Crippen LogP contribution in [0.15, 0.2) is 48.5 Å². The van der Waals surface area contributed by atoms with E-state index in [0.717, 1.165) is 11.3 Å². The Bertz CT molecular complexity index is 719. The smallest absolute Gasteiger partial charge is 0.233 e. The Morgan fingerprint density at radius 1 is 1.08 bits per heavy atom. The third-order valence-electron chi connectivity index (χ3n) is 3.30. The fourth-order valence-electron chi connectivity index (χ4n) is 2.15. The molecule has 0 spiro atoms. The first-order chi connectivity index (χ1) is 11.6. The maximum Gasteiger partial charge on any atom is 0.233 e. The highest BCUT2D eigenvalue weighted by Gasteiger charge is 2.09. The van der Waals surface area contributed by atoms with E-state index >= 15 is 0 Å². The van der Waals surface area contributed by atoms with Gasteiger partial charge in [-0.05, 0) is 42.3 Å². The van der Waals surface area contributed by atoms with Gasteiger partial charge in [0.2, 0.25) is 11.8 Å². The first kappa shape index (κ1) is 17.5. The van der Waals surface area contributed by atoms with E-state index in [4.69, 9.17) is 4.74 Å². The minimum absolute atomic E-state index is 0.311. The van der Waals surface area contributed by atoms with Gasteiger partial charge in [-0.3, -0.25) is 9.59 Å². The minimum atomic E-state index is -0.487. The number of hydrogen-bond donors (Lipinski definition) is 2. The van der Waals surface area contributed by atoms with Gasteiger partial charge in [0.15, 0.2) is 0 Å². The predicted octanol–water partition coefficient (Wildman–Crippen LogP) is 2.52. The molecule has 0 bridgehead atoms. The molecule has 0 atom stereocenters. The van der Waals surface area contributed by atoms with Crippen molar-refractivity contribution >= 4 is 17.5 Å². The zero-order chi connectivity index (χ0) is 17.4. The van der Waals surface area contributed by atoms with Crippen LogP contribution in [-0.2, 0) is 16.0 Å². The summed E-state index contributed by atoms with van der Waals surface area (Å²) >= 11 is 0. The Morgan fingerprint density at radius 2 is 1.88 bits per heavy atom. The molecule has 0 fully saturated rings. The molecule has 6 heteroatoms. The Kier molecular flexibility index (Phi) is 6.31. The van der Waals surface area contributed by atoms with Gasteiger partial charge >= 0.3 is 0 Å². The largest absolute Gasteiger partial charge is 0.497 e. The van der Waals surface area contributed by atoms with Crippen molar-refractivity contribution in [1.29, 1.82) is 0 Å². The Balaban J connectivity index is 1.73. The highest BCUT2D eigenvalue weighted by Crippen LogP contribution is 2.12. The van der Waals surface area contributed by atoms with Crippen molar-refractivity contribution in [3.05, 3.63) is 59.9 Å². The van der Waals surface area contributed by atoms with Crippen LogP contribution in [-0.4, -0.2) is 25.5 Å². The summed E-state index contributed by atoms with van der Waals surface area (Å²) < 4.78 is 18.2. The van der Waals surface area contributed by atoms with Crippen molar-refractivity contribution in [2.45, 2.75) is 12.8 Å². The normalized spacial score (nSPS) is 10.1. The maximum atomic E-state index is 13.0. The molecule has 2 aromatic rings. The van der Waals surface area contributed by atoms with Crippen LogP contribution in [0.5, 0.6) is 5.75 Å². The van der Waals surface area contributed by atoms with E-state index < -0.39 is 11.7 Å². The number of benzene rings is 2. The molecule has 2 rings (SSSR count). The zero-order valence-electron chi connectivity index (χ0n) is 13.3. The topological polar surface area (TPSA) is 67.4 Å². The molecule has 5 nitrogen and oxygen atoms in total. The molecule has 0 aliphatic heterocycles. The Morgan fingerprint density at radius 3 is 2.62 bits per heavy atom. The number of methoxy groups -OCH3 is 1. The van der Waals surface area contributed by atoms with E-state index in [1.165, 1.54) is 18.2 Å². The zero-order valence-corrected chi connectivity index (χ0v) is 13.3. The Hall–Kier alpha value is -2.89. The van der Waals surface area contributed by atoms with E-state index in [2.05, 4.69) is 10.6 Å². The molecule has 2 N–H and O–H groups in total. The third kappa shape index (κ3) is 5.72. The van der Waals surface area contributed by atoms with Crippen molar-refractivity contribution in [2.24, 2.45) is 0 Å². The molecule has 0 aliphatic carbocycles. The molecule has 0 unspecified atom stereocenters. The SMILES string of the molecule is COc1cccc(CCNC(=O)CC(=O)Nc2cccc(F)c2)c1. The van der Waals surface area contributed by atoms with Gasteiger partial charge in [0.05, 0.1) is 7.11 Å². The number of nitrogens with one attached hydrogen (secondary N) is 2. The second-order valence-electron chi connectivity index (χ2n) is 5.19. The van der Waals surface area contributed by atoms with Crippen LogP contribution in [0.3, 0.4) is 0 Å². The summed E-state index contributed by atoms with van der Waals surface area (Å²) in [5.41, 5.74) is 1.35. The van der Waals surface area contributed by atoms with Gasteiger partial charge in [0.25, 0.3) is 0 Å². The number of halogens is 1. The number of hydrogen-bond acceptors (Lipinski definition) is 3. The lowest BCUT2D eigenvalue weighted by Gasteiger charge is -2.07. The third-order valence-corrected chi connectivity index (χ3v) is 3.30. The molecule has 0 radical (unpaired) electrons. The first-order valence-electron chi connectivity index (χ1n) is 7.52. The number of anilines is 1. The van der Waals surface area contributed by atoms with Crippen LogP contribution in [0.4, 0.5) is 10.1 Å². The van der Waals surface area contributed by atoms with E-state index in [0.29, 0.717) is 18.7 Å². The number of carbonyl (C=O) groups is 2. The second-order valence-corrected chi connectivity index (χ2v) is 5.19. The van der Waals surface area contributed by atoms with E-state index in [9.17, 15) is 14.0 Å². The van der Waals surface area contributed by atoms with E-state index in [1.807, 2.05) is 24.3 Å². The standard InChI is InChI=1S/C18H19FN2O3/c1-24-16-7-2-4-13(10-16)8-9-20-17(22)12-18(23)21-15-6-3-5-14(19)11-15/h2-7,10-11H,8-9,12H2,1H3,(H,20,22)(H,21,23). The first-order valence-corrected chi connectivity index (χ1v) is 7.52. The summed E-state index contributed by atoms with van der Waals surface area (Å²) in [5.74, 6) is -0.560. The van der Waals surface area contributed by atoms with Crippen LogP contribution in [0.1, 0.15) is 12.0 Å². The molecule has 2 amide bonds. The van der Waals surface area contributed by atoms with Gasteiger partial charge in [-0.15, -0.1) is 0 Å². The highest BCUT2D eigenvalue weighted by atomic mass is 19.1. The van der Waals surface area contributed by atoms with Crippen LogP contribution in [0, 0.1) is 5.82 Å². The fraction of sp³-hybridized carbons (Fsp3) is 0.222. The van der Waals surface area contributed by atoms with E-state index in [1.54, 1.807) is 13.2 Å². The summed E-state index contributed by atoms with van der Waals surface area (Å²) in [6.45, 7) is 0.416. The maximum absolute atomic E-state index is 13.0. The summed E-state index contributed by atoms with van der Waals surface area (Å²) in [4.78, 5) is 23.5. The molecule has 0 saturated heterocycles. The second kappa shape index (κ2) is 8.67. The van der Waals surface area contributed by atoms with Crippen molar-refractivity contribution in [2.75, 3.05) is 19.0 Å². The van der Waals surface area contributed by atoms with Crippen molar-refractivity contribution in [3.63, 3.8) is 0 Å². The van der Waals surface area contributed by atoms with Crippen molar-refractivity contribution < 1.29 is 18.7 Å². The van der Waals surface area contributed by atoms with Gasteiger partial charge in [-0.25, -0.2) is 4.39 Å². The van der Waals surface area contributed by atoms with Crippen LogP contribution < -0.4 is 15.4 Å². The molecule has 0 aliphatic rings. The molecule has 24 heavy (non-hydrogen) atoms. The summed E-state index contributed by atoms with van der Waals surface area (Å²) in [6, 6.07) is 13.1. The van der Waals surface area contributed by atoms with Crippen LogP contribution in [0.2, 0.25) is 0 Å². The lowest BCUT2D eigenvalue weighted by molar-refractivity contribution is -0.126. The summed E-state index contributed by atoms with van der Waals surface area (Å²) in [6.07, 6.45) is 0.322. The van der Waals surface area contributed by atoms with Gasteiger partial charge in [0, 0.05) is 12.2 Å². The summed E-state index contributed by atoms with van der Waals surface area (Å²) in [5, 5.41) is 5.16. The molecule has 0 saturated carbocycles. The van der Waals surface area contributed by atoms with Crippen LogP contribution in [0.25, 0.3) is 0 Å². The minimum Gasteiger partial charge on any atom is -0.497 e. The molecule has 2 aromatic carbocycles. The average molecular weight is 330 g/mol. The molecule has 126 valence electrons. The molecular weight excluding hydrogens is 311 g/mol. The predicted molar refractivity (Wildman–Crippen MR) is 89.4 cm³/mol. The van der Waals surface area contributed by atoms with Gasteiger partial charge < -0.3 is 15.4 Å². The highest BCUT2D eigenvalue weighted by molar-refractivity contribution is 6.03. The van der Waals surface area contributed by atoms with Crippen molar-refractivity contribution in [3.8, 4) is 5.75 Å². The van der Waals surface area contributed by atoms with Crippen molar-refractivity contribution in [1.82, 2.24) is 5.32 Å². The lowest BCUT2D eigenvalue weighted by atomic mass is 10.1. The Labute approximate surface area is 139 Å². The van der Waals surface area contributed by atoms with Gasteiger partial charge in [-0.2, -0.15) is 0 Å². The van der Waals surface area contributed by atoms with Gasteiger partial charge in [-0.1, -0.05) is 18.2 Å². The molecular formula is C18H19FN2O3. The molecule has 0 heterocycles. The number of amides is 2. The summed E-state index contributed by atoms with van der Waals surface area (Å²) in [7, 11) is 1.60. The fourth-order valence-corrected chi connectivity index (χ4v) is 2.15. The molecule has 0 aromatic heterocycles. The quantitative estimate of drug-likeness (QED) is 0.767. The number of carbonyl (C=O) groups excluding carboxylic acids is 2. The van der Waals surface area contributed by atoms with Gasteiger partial charge in [0.1, 0.15) is 18.0 Å². The number of ether oxygens (including phenoxy) is 1. The lowest BCUT2D eigenvalue weighted by Crippen LogP contribution is -2.29.